The summed E-state index contributed by atoms with van der Waals surface area (Å²) in [5.41, 5.74) is 1.31. The molecule has 2 aliphatic rings. The molecule has 0 unspecified atom stereocenters. The highest BCUT2D eigenvalue weighted by Crippen LogP contribution is 2.44. The molecule has 1 aromatic heterocycles. The first-order valence-electron chi connectivity index (χ1n) is 7.81. The molecule has 1 saturated heterocycles. The second-order valence-electron chi connectivity index (χ2n) is 5.80. The number of thiophene rings is 1. The van der Waals surface area contributed by atoms with Crippen molar-refractivity contribution in [3.05, 3.63) is 21.9 Å². The van der Waals surface area contributed by atoms with Crippen molar-refractivity contribution in [2.45, 2.75) is 38.2 Å². The minimum atomic E-state index is -0.136. The molecule has 0 radical (unpaired) electrons. The number of fused-ring (bicyclic) bond motifs is 2. The molecule has 116 valence electrons. The molecule has 1 amide bonds. The minimum Gasteiger partial charge on any atom is -0.372 e. The Morgan fingerprint density at radius 1 is 1.48 bits per heavy atom. The zero-order chi connectivity index (χ0) is 14.7. The van der Waals surface area contributed by atoms with Gasteiger partial charge in [-0.2, -0.15) is 0 Å². The smallest absolute Gasteiger partial charge is 0.248 e. The number of piperidine rings is 1. The van der Waals surface area contributed by atoms with E-state index in [1.165, 1.54) is 10.4 Å². The Hall–Kier alpha value is -0.910. The lowest BCUT2D eigenvalue weighted by molar-refractivity contribution is -0.144. The third-order valence-corrected chi connectivity index (χ3v) is 5.55. The highest BCUT2D eigenvalue weighted by Gasteiger charge is 2.42. The van der Waals surface area contributed by atoms with E-state index < -0.39 is 0 Å². The molecule has 1 aromatic rings. The molecule has 0 saturated carbocycles. The first-order valence-corrected chi connectivity index (χ1v) is 8.69. The molecule has 21 heavy (non-hydrogen) atoms. The topological polar surface area (TPSA) is 38.8 Å². The third-order valence-electron chi connectivity index (χ3n) is 4.41. The highest BCUT2D eigenvalue weighted by molar-refractivity contribution is 7.10. The second kappa shape index (κ2) is 6.46. The summed E-state index contributed by atoms with van der Waals surface area (Å²) in [6.07, 6.45) is 3.78. The summed E-state index contributed by atoms with van der Waals surface area (Å²) in [7, 11) is 0. The molecule has 3 heterocycles. The number of ether oxygens (including phenoxy) is 2. The Morgan fingerprint density at radius 2 is 2.29 bits per heavy atom. The van der Waals surface area contributed by atoms with E-state index in [4.69, 9.17) is 9.47 Å². The molecule has 3 rings (SSSR count). The molecule has 1 spiro atoms. The molecular formula is C16H23NO3S. The van der Waals surface area contributed by atoms with Crippen LogP contribution in [0.4, 0.5) is 0 Å². The Kier molecular flexibility index (Phi) is 4.62. The molecule has 0 bridgehead atoms. The first-order chi connectivity index (χ1) is 10.2. The molecule has 0 N–H and O–H groups in total. The molecule has 0 aliphatic carbocycles. The molecule has 1 fully saturated rings. The van der Waals surface area contributed by atoms with Gasteiger partial charge in [-0.25, -0.2) is 0 Å². The van der Waals surface area contributed by atoms with Crippen LogP contribution < -0.4 is 0 Å². The summed E-state index contributed by atoms with van der Waals surface area (Å²) in [6, 6.07) is 2.22. The van der Waals surface area contributed by atoms with Crippen molar-refractivity contribution in [3.8, 4) is 0 Å². The normalized spacial score (nSPS) is 20.5. The fraction of sp³-hybridized carbons (Fsp3) is 0.688. The van der Waals surface area contributed by atoms with Crippen molar-refractivity contribution in [1.29, 1.82) is 0 Å². The summed E-state index contributed by atoms with van der Waals surface area (Å²) in [4.78, 5) is 15.4. The number of carbonyl (C=O) groups excluding carboxylic acids is 1. The third kappa shape index (κ3) is 3.00. The largest absolute Gasteiger partial charge is 0.372 e. The van der Waals surface area contributed by atoms with Crippen molar-refractivity contribution in [3.63, 3.8) is 0 Å². The average Bonchev–Trinajstić information content (AvgIpc) is 2.98. The Bertz CT molecular complexity index is 491. The van der Waals surface area contributed by atoms with Crippen LogP contribution in [0.3, 0.4) is 0 Å². The van der Waals surface area contributed by atoms with Crippen LogP contribution in [0.2, 0.25) is 0 Å². The fourth-order valence-electron chi connectivity index (χ4n) is 3.24. The maximum Gasteiger partial charge on any atom is 0.248 e. The van der Waals surface area contributed by atoms with Crippen LogP contribution in [0, 0.1) is 0 Å². The van der Waals surface area contributed by atoms with Crippen molar-refractivity contribution in [2.75, 3.05) is 32.9 Å². The average molecular weight is 309 g/mol. The predicted octanol–water partition coefficient (Wildman–Crippen LogP) is 2.57. The van der Waals surface area contributed by atoms with E-state index in [1.54, 1.807) is 11.3 Å². The SMILES string of the molecule is CCCOCC(=O)N1CCC2(CC1)OCCc1ccsc12. The van der Waals surface area contributed by atoms with Crippen LogP contribution in [0.5, 0.6) is 0 Å². The molecular weight excluding hydrogens is 286 g/mol. The van der Waals surface area contributed by atoms with E-state index in [-0.39, 0.29) is 18.1 Å². The summed E-state index contributed by atoms with van der Waals surface area (Å²) in [6.45, 7) is 5.26. The number of nitrogens with zero attached hydrogens (tertiary/aromatic N) is 1. The van der Waals surface area contributed by atoms with E-state index in [2.05, 4.69) is 11.4 Å². The van der Waals surface area contributed by atoms with Gasteiger partial charge < -0.3 is 14.4 Å². The molecule has 2 aliphatic heterocycles. The number of amides is 1. The highest BCUT2D eigenvalue weighted by atomic mass is 32.1. The van der Waals surface area contributed by atoms with Gasteiger partial charge in [0.1, 0.15) is 12.2 Å². The lowest BCUT2D eigenvalue weighted by atomic mass is 9.85. The van der Waals surface area contributed by atoms with E-state index in [1.807, 2.05) is 11.8 Å². The van der Waals surface area contributed by atoms with E-state index in [0.717, 1.165) is 45.4 Å². The fourth-order valence-corrected chi connectivity index (χ4v) is 4.41. The van der Waals surface area contributed by atoms with Crippen LogP contribution in [0.15, 0.2) is 11.4 Å². The first kappa shape index (κ1) is 15.0. The zero-order valence-corrected chi connectivity index (χ0v) is 13.4. The predicted molar refractivity (Wildman–Crippen MR) is 82.6 cm³/mol. The van der Waals surface area contributed by atoms with Crippen LogP contribution in [0.25, 0.3) is 0 Å². The number of hydrogen-bond donors (Lipinski definition) is 0. The molecule has 0 aromatic carbocycles. The van der Waals surface area contributed by atoms with Gasteiger partial charge in [0.15, 0.2) is 0 Å². The number of carbonyl (C=O) groups is 1. The van der Waals surface area contributed by atoms with Crippen molar-refractivity contribution >= 4 is 17.2 Å². The summed E-state index contributed by atoms with van der Waals surface area (Å²) in [5.74, 6) is 0.112. The van der Waals surface area contributed by atoms with Gasteiger partial charge in [-0.15, -0.1) is 11.3 Å². The number of rotatable bonds is 4. The van der Waals surface area contributed by atoms with Crippen molar-refractivity contribution in [2.24, 2.45) is 0 Å². The van der Waals surface area contributed by atoms with Crippen molar-refractivity contribution < 1.29 is 14.3 Å². The van der Waals surface area contributed by atoms with Crippen LogP contribution in [-0.4, -0.2) is 43.7 Å². The van der Waals surface area contributed by atoms with Crippen molar-refractivity contribution in [1.82, 2.24) is 4.90 Å². The maximum absolute atomic E-state index is 12.1. The lowest BCUT2D eigenvalue weighted by Gasteiger charge is -2.43. The van der Waals surface area contributed by atoms with Gasteiger partial charge in [0, 0.05) is 24.6 Å². The van der Waals surface area contributed by atoms with Gasteiger partial charge in [0.05, 0.1) is 6.61 Å². The maximum atomic E-state index is 12.1. The zero-order valence-electron chi connectivity index (χ0n) is 12.6. The van der Waals surface area contributed by atoms with Gasteiger partial charge in [-0.05, 0) is 42.7 Å². The Balaban J connectivity index is 1.60. The van der Waals surface area contributed by atoms with Gasteiger partial charge >= 0.3 is 0 Å². The second-order valence-corrected chi connectivity index (χ2v) is 6.72. The Morgan fingerprint density at radius 3 is 3.05 bits per heavy atom. The molecule has 4 nitrogen and oxygen atoms in total. The monoisotopic (exact) mass is 309 g/mol. The van der Waals surface area contributed by atoms with Gasteiger partial charge in [-0.1, -0.05) is 6.92 Å². The quantitative estimate of drug-likeness (QED) is 0.802. The van der Waals surface area contributed by atoms with E-state index >= 15 is 0 Å². The summed E-state index contributed by atoms with van der Waals surface area (Å²) < 4.78 is 11.5. The summed E-state index contributed by atoms with van der Waals surface area (Å²) in [5, 5.41) is 2.16. The minimum absolute atomic E-state index is 0.112. The molecule has 0 atom stereocenters. The molecule has 5 heteroatoms. The van der Waals surface area contributed by atoms with Crippen LogP contribution in [0.1, 0.15) is 36.6 Å². The van der Waals surface area contributed by atoms with Gasteiger partial charge in [0.25, 0.3) is 0 Å². The number of hydrogen-bond acceptors (Lipinski definition) is 4. The van der Waals surface area contributed by atoms with Gasteiger partial charge in [0.2, 0.25) is 5.91 Å². The lowest BCUT2D eigenvalue weighted by Crippen LogP contribution is -2.48. The number of likely N-dealkylation sites (tertiary alicyclic amines) is 1. The van der Waals surface area contributed by atoms with Crippen LogP contribution >= 0.6 is 11.3 Å². The van der Waals surface area contributed by atoms with E-state index in [0.29, 0.717) is 6.61 Å². The van der Waals surface area contributed by atoms with Gasteiger partial charge in [-0.3, -0.25) is 4.79 Å². The summed E-state index contributed by atoms with van der Waals surface area (Å²) >= 11 is 1.80. The standard InChI is InChI=1S/C16H23NO3S/c1-2-9-19-12-14(18)17-7-5-16(6-8-17)15-13(3-10-20-16)4-11-21-15/h4,11H,2-3,5-10,12H2,1H3. The van der Waals surface area contributed by atoms with Crippen LogP contribution in [-0.2, 0) is 26.3 Å². The van der Waals surface area contributed by atoms with E-state index in [9.17, 15) is 4.79 Å². The Labute approximate surface area is 130 Å².